The van der Waals surface area contributed by atoms with Gasteiger partial charge in [0.2, 0.25) is 0 Å². The third-order valence-electron chi connectivity index (χ3n) is 5.90. The Bertz CT molecular complexity index is 1380. The molecule has 7 heteroatoms. The molecule has 0 N–H and O–H groups in total. The Kier molecular flexibility index (Phi) is 6.89. The van der Waals surface area contributed by atoms with Crippen molar-refractivity contribution >= 4 is 28.7 Å². The van der Waals surface area contributed by atoms with Gasteiger partial charge in [-0.2, -0.15) is 0 Å². The van der Waals surface area contributed by atoms with E-state index >= 15 is 0 Å². The van der Waals surface area contributed by atoms with E-state index in [1.165, 1.54) is 7.11 Å². The van der Waals surface area contributed by atoms with Crippen molar-refractivity contribution in [3.05, 3.63) is 86.8 Å². The number of aromatic nitrogens is 3. The van der Waals surface area contributed by atoms with E-state index in [1.54, 1.807) is 12.1 Å². The molecule has 0 fully saturated rings. The summed E-state index contributed by atoms with van der Waals surface area (Å²) >= 11 is 6.58. The van der Waals surface area contributed by atoms with E-state index in [-0.39, 0.29) is 5.97 Å². The van der Waals surface area contributed by atoms with Crippen molar-refractivity contribution in [2.24, 2.45) is 0 Å². The summed E-state index contributed by atoms with van der Waals surface area (Å²) in [6.45, 7) is 9.09. The van der Waals surface area contributed by atoms with Crippen molar-refractivity contribution in [3.63, 3.8) is 0 Å². The van der Waals surface area contributed by atoms with Gasteiger partial charge in [0.15, 0.2) is 5.65 Å². The average molecular weight is 478 g/mol. The van der Waals surface area contributed by atoms with Crippen LogP contribution in [0.4, 0.5) is 0 Å². The molecule has 0 aliphatic heterocycles. The summed E-state index contributed by atoms with van der Waals surface area (Å²) < 4.78 is 12.9. The molecule has 2 heterocycles. The van der Waals surface area contributed by atoms with Crippen LogP contribution in [0.5, 0.6) is 5.75 Å². The zero-order chi connectivity index (χ0) is 24.4. The van der Waals surface area contributed by atoms with Gasteiger partial charge in [-0.05, 0) is 73.4 Å². The second-order valence-corrected chi connectivity index (χ2v) is 8.81. The van der Waals surface area contributed by atoms with Gasteiger partial charge in [0.1, 0.15) is 23.7 Å². The first-order valence-electron chi connectivity index (χ1n) is 11.2. The van der Waals surface area contributed by atoms with Crippen molar-refractivity contribution in [2.75, 3.05) is 7.11 Å². The fourth-order valence-electron chi connectivity index (χ4n) is 4.08. The molecule has 34 heavy (non-hydrogen) atoms. The molecule has 176 valence electrons. The highest BCUT2D eigenvalue weighted by atomic mass is 35.5. The molecule has 0 unspecified atom stereocenters. The Morgan fingerprint density at radius 1 is 1.03 bits per heavy atom. The number of halogens is 1. The molecule has 2 aromatic carbocycles. The van der Waals surface area contributed by atoms with Gasteiger partial charge < -0.3 is 14.0 Å². The van der Waals surface area contributed by atoms with Gasteiger partial charge in [-0.3, -0.25) is 0 Å². The van der Waals surface area contributed by atoms with E-state index in [0.717, 1.165) is 51.4 Å². The van der Waals surface area contributed by atoms with Crippen LogP contribution < -0.4 is 4.74 Å². The van der Waals surface area contributed by atoms with E-state index < -0.39 is 0 Å². The Morgan fingerprint density at radius 3 is 2.50 bits per heavy atom. The number of carbonyl (C=O) groups is 1. The summed E-state index contributed by atoms with van der Waals surface area (Å²) in [5, 5.41) is 0.545. The number of hydrogen-bond acceptors (Lipinski definition) is 5. The molecule has 0 spiro atoms. The largest absolute Gasteiger partial charge is 0.487 e. The molecule has 2 aromatic heterocycles. The van der Waals surface area contributed by atoms with Gasteiger partial charge in [0.25, 0.3) is 0 Å². The number of pyridine rings is 1. The molecule has 4 aromatic rings. The number of methoxy groups -OCH3 is 1. The van der Waals surface area contributed by atoms with Crippen molar-refractivity contribution in [1.82, 2.24) is 14.5 Å². The third kappa shape index (κ3) is 4.77. The van der Waals surface area contributed by atoms with Crippen LogP contribution in [0.15, 0.2) is 42.5 Å². The van der Waals surface area contributed by atoms with Gasteiger partial charge in [-0.1, -0.05) is 30.7 Å². The molecule has 0 saturated heterocycles. The highest BCUT2D eigenvalue weighted by molar-refractivity contribution is 6.32. The highest BCUT2D eigenvalue weighted by Gasteiger charge is 2.15. The van der Waals surface area contributed by atoms with E-state index in [9.17, 15) is 4.79 Å². The summed E-state index contributed by atoms with van der Waals surface area (Å²) in [7, 11) is 1.37. The van der Waals surface area contributed by atoms with E-state index in [0.29, 0.717) is 29.5 Å². The molecule has 0 radical (unpaired) electrons. The SMILES string of the molecule is CCc1nc2c(C)cc(C)nc2n1Cc1ccc(OCc2ccc(C(=O)OC)cc2C)c(Cl)c1. The minimum atomic E-state index is -0.355. The number of esters is 1. The van der Waals surface area contributed by atoms with E-state index in [1.807, 2.05) is 38.1 Å². The molecule has 0 aliphatic carbocycles. The van der Waals surface area contributed by atoms with Gasteiger partial charge in [-0.25, -0.2) is 14.8 Å². The Balaban J connectivity index is 1.53. The number of carbonyl (C=O) groups excluding carboxylic acids is 1. The molecule has 6 nitrogen and oxygen atoms in total. The van der Waals surface area contributed by atoms with Crippen molar-refractivity contribution in [1.29, 1.82) is 0 Å². The van der Waals surface area contributed by atoms with Crippen molar-refractivity contribution in [3.8, 4) is 5.75 Å². The Labute approximate surface area is 204 Å². The smallest absolute Gasteiger partial charge is 0.337 e. The minimum absolute atomic E-state index is 0.348. The maximum absolute atomic E-state index is 11.7. The molecular weight excluding hydrogens is 450 g/mol. The standard InChI is InChI=1S/C27H28ClN3O3/c1-6-24-30-25-17(3)11-18(4)29-26(25)31(24)14-19-7-10-23(22(28)13-19)34-15-21-9-8-20(12-16(21)2)27(32)33-5/h7-13H,6,14-15H2,1-5H3. The normalized spacial score (nSPS) is 11.1. The Morgan fingerprint density at radius 2 is 1.82 bits per heavy atom. The lowest BCUT2D eigenvalue weighted by molar-refractivity contribution is 0.0600. The first-order valence-corrected chi connectivity index (χ1v) is 11.6. The average Bonchev–Trinajstić information content (AvgIpc) is 3.16. The third-order valence-corrected chi connectivity index (χ3v) is 6.20. The predicted octanol–water partition coefficient (Wildman–Crippen LogP) is 5.99. The van der Waals surface area contributed by atoms with Crippen molar-refractivity contribution < 1.29 is 14.3 Å². The van der Waals surface area contributed by atoms with Crippen LogP contribution in [0.3, 0.4) is 0 Å². The van der Waals surface area contributed by atoms with Crippen LogP contribution in [0.25, 0.3) is 11.2 Å². The topological polar surface area (TPSA) is 66.2 Å². The lowest BCUT2D eigenvalue weighted by atomic mass is 10.1. The number of hydrogen-bond donors (Lipinski definition) is 0. The summed E-state index contributed by atoms with van der Waals surface area (Å²) in [5.41, 5.74) is 7.45. The highest BCUT2D eigenvalue weighted by Crippen LogP contribution is 2.28. The number of fused-ring (bicyclic) bond motifs is 1. The molecule has 0 bridgehead atoms. The number of aryl methyl sites for hydroxylation is 4. The zero-order valence-electron chi connectivity index (χ0n) is 20.1. The van der Waals surface area contributed by atoms with Crippen LogP contribution in [-0.4, -0.2) is 27.6 Å². The summed E-state index contributed by atoms with van der Waals surface area (Å²) in [5.74, 6) is 1.25. The molecule has 0 aliphatic rings. The minimum Gasteiger partial charge on any atom is -0.487 e. The lowest BCUT2D eigenvalue weighted by Crippen LogP contribution is -2.06. The van der Waals surface area contributed by atoms with Gasteiger partial charge >= 0.3 is 5.97 Å². The molecule has 0 atom stereocenters. The van der Waals surface area contributed by atoms with Crippen LogP contribution in [0.2, 0.25) is 5.02 Å². The summed E-state index contributed by atoms with van der Waals surface area (Å²) in [6, 6.07) is 13.3. The second kappa shape index (κ2) is 9.85. The number of ether oxygens (including phenoxy) is 2. The number of benzene rings is 2. The maximum atomic E-state index is 11.7. The van der Waals surface area contributed by atoms with E-state index in [4.69, 9.17) is 31.0 Å². The molecule has 4 rings (SSSR count). The number of nitrogens with zero attached hydrogens (tertiary/aromatic N) is 3. The van der Waals surface area contributed by atoms with Crippen LogP contribution in [-0.2, 0) is 24.3 Å². The second-order valence-electron chi connectivity index (χ2n) is 8.41. The fourth-order valence-corrected chi connectivity index (χ4v) is 4.34. The molecule has 0 saturated carbocycles. The number of rotatable bonds is 7. The lowest BCUT2D eigenvalue weighted by Gasteiger charge is -2.13. The fraction of sp³-hybridized carbons (Fsp3) is 0.296. The molecular formula is C27H28ClN3O3. The monoisotopic (exact) mass is 477 g/mol. The van der Waals surface area contributed by atoms with Gasteiger partial charge in [0, 0.05) is 12.1 Å². The first kappa shape index (κ1) is 23.8. The van der Waals surface area contributed by atoms with Gasteiger partial charge in [-0.15, -0.1) is 0 Å². The number of imidazole rings is 1. The first-order chi connectivity index (χ1) is 16.3. The quantitative estimate of drug-likeness (QED) is 0.306. The summed E-state index contributed by atoms with van der Waals surface area (Å²) in [4.78, 5) is 21.3. The van der Waals surface area contributed by atoms with Crippen LogP contribution in [0, 0.1) is 20.8 Å². The Hall–Kier alpha value is -3.38. The van der Waals surface area contributed by atoms with Gasteiger partial charge in [0.05, 0.1) is 24.2 Å². The van der Waals surface area contributed by atoms with Crippen molar-refractivity contribution in [2.45, 2.75) is 47.3 Å². The summed E-state index contributed by atoms with van der Waals surface area (Å²) in [6.07, 6.45) is 0.817. The van der Waals surface area contributed by atoms with Crippen LogP contribution in [0.1, 0.15) is 51.1 Å². The van der Waals surface area contributed by atoms with Crippen LogP contribution >= 0.6 is 11.6 Å². The maximum Gasteiger partial charge on any atom is 0.337 e. The zero-order valence-corrected chi connectivity index (χ0v) is 20.9. The molecule has 0 amide bonds. The van der Waals surface area contributed by atoms with E-state index in [2.05, 4.69) is 24.5 Å². The predicted molar refractivity (Wildman–Crippen MR) is 134 cm³/mol.